The topological polar surface area (TPSA) is 29.7 Å². The van der Waals surface area contributed by atoms with Crippen molar-refractivity contribution >= 4 is 0 Å². The number of hydrogen-bond acceptors (Lipinski definition) is 2. The van der Waals surface area contributed by atoms with Gasteiger partial charge in [-0.25, -0.2) is 0 Å². The lowest BCUT2D eigenvalue weighted by Crippen LogP contribution is -2.32. The summed E-state index contributed by atoms with van der Waals surface area (Å²) in [6, 6.07) is 3.99. The minimum Gasteiger partial charge on any atom is -0.0690 e. The van der Waals surface area contributed by atoms with Crippen LogP contribution in [0.25, 0.3) is 0 Å². The van der Waals surface area contributed by atoms with Gasteiger partial charge in [0.1, 0.15) is 12.2 Å². The maximum absolute atomic E-state index is 4.96. The third-order valence-corrected chi connectivity index (χ3v) is 0.660. The molecule has 0 saturated carbocycles. The Morgan fingerprint density at radius 2 is 2.50 bits per heavy atom. The van der Waals surface area contributed by atoms with Crippen molar-refractivity contribution in [1.29, 1.82) is 0 Å². The summed E-state index contributed by atoms with van der Waals surface area (Å²) in [6.45, 7) is 0. The molecule has 1 rings (SSSR count). The van der Waals surface area contributed by atoms with E-state index in [0.29, 0.717) is 0 Å². The molecule has 3 heteroatoms. The van der Waals surface area contributed by atoms with Crippen molar-refractivity contribution < 1.29 is 4.68 Å². The van der Waals surface area contributed by atoms with Gasteiger partial charge in [-0.15, -0.1) is 0 Å². The molecule has 0 aliphatic rings. The predicted octanol–water partition coefficient (Wildman–Crippen LogP) is -0.797. The molecule has 0 aliphatic heterocycles. The highest BCUT2D eigenvalue weighted by atomic mass is 15.4. The van der Waals surface area contributed by atoms with Crippen LogP contribution in [0.1, 0.15) is 0 Å². The fourth-order valence-electron chi connectivity index (χ4n) is 0.343. The highest BCUT2D eigenvalue weighted by molar-refractivity contribution is 4.71. The molecule has 0 bridgehead atoms. The molecule has 0 atom stereocenters. The SMILES string of the molecule is C#C[n+]1cccnn1. The maximum atomic E-state index is 4.96. The third kappa shape index (κ3) is 0.793. The van der Waals surface area contributed by atoms with Gasteiger partial charge in [0.15, 0.2) is 11.4 Å². The molecule has 1 aromatic heterocycles. The van der Waals surface area contributed by atoms with Crippen molar-refractivity contribution in [2.75, 3.05) is 0 Å². The molecule has 3 nitrogen and oxygen atoms in total. The lowest BCUT2D eigenvalue weighted by Gasteiger charge is -1.72. The first-order chi connectivity index (χ1) is 3.93. The second-order valence-corrected chi connectivity index (χ2v) is 1.17. The molecule has 8 heavy (non-hydrogen) atoms. The van der Waals surface area contributed by atoms with E-state index in [-0.39, 0.29) is 0 Å². The quantitative estimate of drug-likeness (QED) is 0.320. The molecule has 0 amide bonds. The van der Waals surface area contributed by atoms with E-state index in [1.54, 1.807) is 18.5 Å². The van der Waals surface area contributed by atoms with E-state index in [1.165, 1.54) is 4.68 Å². The fourth-order valence-corrected chi connectivity index (χ4v) is 0.343. The smallest absolute Gasteiger partial charge is 0.0690 e. The van der Waals surface area contributed by atoms with Crippen LogP contribution >= 0.6 is 0 Å². The van der Waals surface area contributed by atoms with E-state index < -0.39 is 0 Å². The molecular formula is C5H4N3+. The van der Waals surface area contributed by atoms with Gasteiger partial charge in [0.2, 0.25) is 0 Å². The molecule has 0 spiro atoms. The summed E-state index contributed by atoms with van der Waals surface area (Å²) < 4.78 is 1.29. The molecule has 1 heterocycles. The van der Waals surface area contributed by atoms with Gasteiger partial charge in [0.05, 0.1) is 5.10 Å². The van der Waals surface area contributed by atoms with Gasteiger partial charge < -0.3 is 0 Å². The van der Waals surface area contributed by atoms with Gasteiger partial charge in [0, 0.05) is 6.07 Å². The van der Waals surface area contributed by atoms with Gasteiger partial charge in [-0.05, 0) is 0 Å². The summed E-state index contributed by atoms with van der Waals surface area (Å²) in [6.07, 6.45) is 8.17. The Kier molecular flexibility index (Phi) is 1.20. The summed E-state index contributed by atoms with van der Waals surface area (Å²) >= 11 is 0. The Hall–Kier alpha value is -1.43. The summed E-state index contributed by atoms with van der Waals surface area (Å²) in [5.41, 5.74) is 0. The molecule has 0 aromatic carbocycles. The lowest BCUT2D eigenvalue weighted by molar-refractivity contribution is -0.654. The van der Waals surface area contributed by atoms with E-state index in [9.17, 15) is 0 Å². The Morgan fingerprint density at radius 1 is 1.62 bits per heavy atom. The minimum atomic E-state index is 1.29. The minimum absolute atomic E-state index is 1.29. The lowest BCUT2D eigenvalue weighted by atomic mass is 10.7. The first kappa shape index (κ1) is 4.72. The number of terminal acetylenes is 1. The van der Waals surface area contributed by atoms with Crippen LogP contribution in [0.4, 0.5) is 0 Å². The Labute approximate surface area is 47.0 Å². The first-order valence-electron chi connectivity index (χ1n) is 2.10. The largest absolute Gasteiger partial charge is 0.171 e. The van der Waals surface area contributed by atoms with E-state index in [2.05, 4.69) is 16.4 Å². The molecule has 0 aliphatic carbocycles. The molecule has 0 unspecified atom stereocenters. The van der Waals surface area contributed by atoms with Crippen LogP contribution in [0.15, 0.2) is 18.5 Å². The number of rotatable bonds is 0. The number of hydrogen-bond donors (Lipinski definition) is 0. The average molecular weight is 106 g/mol. The van der Waals surface area contributed by atoms with Crippen LogP contribution in [0, 0.1) is 12.5 Å². The van der Waals surface area contributed by atoms with Gasteiger partial charge >= 0.3 is 0 Å². The maximum Gasteiger partial charge on any atom is 0.171 e. The Balaban J connectivity index is 3.05. The van der Waals surface area contributed by atoms with Crippen LogP contribution in [0.5, 0.6) is 0 Å². The zero-order chi connectivity index (χ0) is 5.82. The van der Waals surface area contributed by atoms with Crippen LogP contribution in [-0.2, 0) is 0 Å². The van der Waals surface area contributed by atoms with Crippen LogP contribution < -0.4 is 4.68 Å². The van der Waals surface area contributed by atoms with Crippen LogP contribution in [0.3, 0.4) is 0 Å². The van der Waals surface area contributed by atoms with Crippen molar-refractivity contribution in [3.05, 3.63) is 18.5 Å². The van der Waals surface area contributed by atoms with Crippen LogP contribution in [-0.4, -0.2) is 10.3 Å². The van der Waals surface area contributed by atoms with E-state index >= 15 is 0 Å². The Bertz CT molecular complexity index is 199. The van der Waals surface area contributed by atoms with Gasteiger partial charge in [-0.3, -0.25) is 0 Å². The predicted molar refractivity (Wildman–Crippen MR) is 26.5 cm³/mol. The zero-order valence-corrected chi connectivity index (χ0v) is 4.15. The highest BCUT2D eigenvalue weighted by Gasteiger charge is 1.86. The van der Waals surface area contributed by atoms with Crippen molar-refractivity contribution in [2.24, 2.45) is 0 Å². The standard InChI is InChI=1S/C5H4N3/c1-2-8-5-3-4-6-7-8/h1,3-5H/q+1. The molecule has 0 saturated heterocycles. The normalized spacial score (nSPS) is 7.88. The molecule has 1 aromatic rings. The van der Waals surface area contributed by atoms with Crippen molar-refractivity contribution in [1.82, 2.24) is 10.3 Å². The second kappa shape index (κ2) is 2.03. The van der Waals surface area contributed by atoms with Crippen molar-refractivity contribution in [3.8, 4) is 12.5 Å². The van der Waals surface area contributed by atoms with Crippen molar-refractivity contribution in [2.45, 2.75) is 0 Å². The van der Waals surface area contributed by atoms with Gasteiger partial charge in [0.25, 0.3) is 0 Å². The highest BCUT2D eigenvalue weighted by Crippen LogP contribution is 1.61. The molecule has 38 valence electrons. The van der Waals surface area contributed by atoms with Gasteiger partial charge in [-0.1, -0.05) is 11.1 Å². The fraction of sp³-hybridized carbons (Fsp3) is 0. The summed E-state index contributed by atoms with van der Waals surface area (Å²) in [5, 5.41) is 7.05. The van der Waals surface area contributed by atoms with Crippen molar-refractivity contribution in [3.63, 3.8) is 0 Å². The van der Waals surface area contributed by atoms with E-state index in [4.69, 9.17) is 6.42 Å². The second-order valence-electron chi connectivity index (χ2n) is 1.17. The third-order valence-electron chi connectivity index (χ3n) is 0.660. The summed E-state index contributed by atoms with van der Waals surface area (Å²) in [5.74, 6) is 0. The molecule has 0 fully saturated rings. The van der Waals surface area contributed by atoms with E-state index in [1.807, 2.05) is 0 Å². The molecule has 0 N–H and O–H groups in total. The zero-order valence-electron chi connectivity index (χ0n) is 4.15. The summed E-state index contributed by atoms with van der Waals surface area (Å²) in [4.78, 5) is 0. The molecule has 0 radical (unpaired) electrons. The Morgan fingerprint density at radius 3 is 2.88 bits per heavy atom. The number of nitrogens with zero attached hydrogens (tertiary/aromatic N) is 3. The molecular weight excluding hydrogens is 102 g/mol. The number of aromatic nitrogens is 3. The average Bonchev–Trinajstić information content (AvgIpc) is 1.90. The van der Waals surface area contributed by atoms with Crippen LogP contribution in [0.2, 0.25) is 0 Å². The monoisotopic (exact) mass is 106 g/mol. The van der Waals surface area contributed by atoms with Gasteiger partial charge in [-0.2, -0.15) is 0 Å². The summed E-state index contributed by atoms with van der Waals surface area (Å²) in [7, 11) is 0. The van der Waals surface area contributed by atoms with E-state index in [0.717, 1.165) is 0 Å². The first-order valence-corrected chi connectivity index (χ1v) is 2.10.